The lowest BCUT2D eigenvalue weighted by Gasteiger charge is -2.30. The molecule has 0 bridgehead atoms. The summed E-state index contributed by atoms with van der Waals surface area (Å²) in [5.41, 5.74) is 6.07. The van der Waals surface area contributed by atoms with Crippen molar-refractivity contribution in [3.8, 4) is 0 Å². The van der Waals surface area contributed by atoms with Crippen LogP contribution in [0.1, 0.15) is 38.4 Å². The summed E-state index contributed by atoms with van der Waals surface area (Å²) in [6.07, 6.45) is 10.9. The minimum atomic E-state index is -0.225. The number of hydrogen-bond donors (Lipinski definition) is 1. The maximum absolute atomic E-state index is 12.3. The first kappa shape index (κ1) is 17.4. The standard InChI is InChI=1S/C20H21N5O2/c1-14-18(9-24-20(26)19-10-21-4-5-22-19)17-2-6-25(12-16(17)8-23-14)11-15-3-7-27-13-15/h3-5,7-8,10,13H,2,6,9,11-12H2,1H3,(H,24,26). The number of carbonyl (C=O) groups excluding carboxylic acids is 1. The van der Waals surface area contributed by atoms with Crippen molar-refractivity contribution in [2.24, 2.45) is 0 Å². The van der Waals surface area contributed by atoms with E-state index in [9.17, 15) is 4.79 Å². The first-order valence-corrected chi connectivity index (χ1v) is 8.94. The molecule has 27 heavy (non-hydrogen) atoms. The Morgan fingerprint density at radius 3 is 3.00 bits per heavy atom. The molecule has 1 aliphatic rings. The fourth-order valence-corrected chi connectivity index (χ4v) is 3.47. The second-order valence-corrected chi connectivity index (χ2v) is 6.69. The van der Waals surface area contributed by atoms with E-state index in [1.807, 2.05) is 19.2 Å². The number of nitrogens with zero attached hydrogens (tertiary/aromatic N) is 4. The molecule has 1 N–H and O–H groups in total. The highest BCUT2D eigenvalue weighted by molar-refractivity contribution is 5.91. The van der Waals surface area contributed by atoms with E-state index in [1.54, 1.807) is 18.7 Å². The molecule has 0 saturated carbocycles. The van der Waals surface area contributed by atoms with Crippen LogP contribution in [0.25, 0.3) is 0 Å². The lowest BCUT2D eigenvalue weighted by atomic mass is 9.94. The third kappa shape index (κ3) is 3.88. The fourth-order valence-electron chi connectivity index (χ4n) is 3.47. The molecule has 7 heteroatoms. The van der Waals surface area contributed by atoms with Gasteiger partial charge in [-0.25, -0.2) is 4.98 Å². The first-order chi connectivity index (χ1) is 13.2. The largest absolute Gasteiger partial charge is 0.472 e. The van der Waals surface area contributed by atoms with E-state index in [4.69, 9.17) is 4.42 Å². The van der Waals surface area contributed by atoms with Gasteiger partial charge in [0.2, 0.25) is 0 Å². The molecule has 1 amide bonds. The second kappa shape index (κ2) is 7.67. The van der Waals surface area contributed by atoms with Gasteiger partial charge < -0.3 is 9.73 Å². The van der Waals surface area contributed by atoms with E-state index in [0.717, 1.165) is 37.3 Å². The van der Waals surface area contributed by atoms with Crippen LogP contribution in [0.2, 0.25) is 0 Å². The Labute approximate surface area is 157 Å². The zero-order valence-corrected chi connectivity index (χ0v) is 15.2. The molecule has 0 atom stereocenters. The van der Waals surface area contributed by atoms with Crippen LogP contribution in [-0.4, -0.2) is 32.3 Å². The Hall–Kier alpha value is -3.06. The molecule has 0 unspecified atom stereocenters. The SMILES string of the molecule is Cc1ncc2c(c1CNC(=O)c1cnccn1)CCN(Cc1ccoc1)C2. The normalized spacial score (nSPS) is 14.0. The highest BCUT2D eigenvalue weighted by atomic mass is 16.3. The van der Waals surface area contributed by atoms with E-state index in [2.05, 4.69) is 25.2 Å². The van der Waals surface area contributed by atoms with Crippen LogP contribution in [0.15, 0.2) is 47.8 Å². The van der Waals surface area contributed by atoms with Crippen LogP contribution in [0, 0.1) is 6.92 Å². The van der Waals surface area contributed by atoms with Crippen LogP contribution >= 0.6 is 0 Å². The lowest BCUT2D eigenvalue weighted by Crippen LogP contribution is -2.32. The van der Waals surface area contributed by atoms with Crippen molar-refractivity contribution in [3.05, 3.63) is 77.0 Å². The van der Waals surface area contributed by atoms with Crippen LogP contribution in [0.5, 0.6) is 0 Å². The third-order valence-corrected chi connectivity index (χ3v) is 4.88. The Balaban J connectivity index is 1.47. The Morgan fingerprint density at radius 2 is 2.22 bits per heavy atom. The van der Waals surface area contributed by atoms with Gasteiger partial charge in [-0.05, 0) is 36.1 Å². The van der Waals surface area contributed by atoms with Gasteiger partial charge in [-0.1, -0.05) is 0 Å². The van der Waals surface area contributed by atoms with Gasteiger partial charge in [0.05, 0.1) is 18.7 Å². The Morgan fingerprint density at radius 1 is 1.30 bits per heavy atom. The van der Waals surface area contributed by atoms with Crippen LogP contribution < -0.4 is 5.32 Å². The summed E-state index contributed by atoms with van der Waals surface area (Å²) >= 11 is 0. The molecule has 1 aliphatic heterocycles. The molecule has 0 radical (unpaired) electrons. The highest BCUT2D eigenvalue weighted by Gasteiger charge is 2.21. The Kier molecular flexibility index (Phi) is 4.93. The lowest BCUT2D eigenvalue weighted by molar-refractivity contribution is 0.0945. The average molecular weight is 363 g/mol. The van der Waals surface area contributed by atoms with Crippen molar-refractivity contribution < 1.29 is 9.21 Å². The number of aryl methyl sites for hydroxylation is 1. The topological polar surface area (TPSA) is 84.2 Å². The number of hydrogen-bond acceptors (Lipinski definition) is 6. The molecule has 0 aliphatic carbocycles. The van der Waals surface area contributed by atoms with Gasteiger partial charge >= 0.3 is 0 Å². The molecular weight excluding hydrogens is 342 g/mol. The van der Waals surface area contributed by atoms with Gasteiger partial charge in [0.1, 0.15) is 5.69 Å². The maximum atomic E-state index is 12.3. The van der Waals surface area contributed by atoms with Crippen molar-refractivity contribution in [1.82, 2.24) is 25.2 Å². The van der Waals surface area contributed by atoms with Crippen molar-refractivity contribution in [2.75, 3.05) is 6.54 Å². The summed E-state index contributed by atoms with van der Waals surface area (Å²) in [4.78, 5) is 27.2. The number of rotatable bonds is 5. The van der Waals surface area contributed by atoms with Crippen molar-refractivity contribution in [1.29, 1.82) is 0 Å². The van der Waals surface area contributed by atoms with Gasteiger partial charge in [-0.15, -0.1) is 0 Å². The van der Waals surface area contributed by atoms with E-state index < -0.39 is 0 Å². The van der Waals surface area contributed by atoms with Crippen molar-refractivity contribution >= 4 is 5.91 Å². The molecule has 3 aromatic heterocycles. The summed E-state index contributed by atoms with van der Waals surface area (Å²) in [6.45, 7) is 5.11. The molecule has 0 aromatic carbocycles. The van der Waals surface area contributed by atoms with E-state index >= 15 is 0 Å². The zero-order valence-electron chi connectivity index (χ0n) is 15.2. The summed E-state index contributed by atoms with van der Waals surface area (Å²) in [5.74, 6) is -0.225. The molecule has 0 fully saturated rings. The molecule has 0 saturated heterocycles. The molecule has 4 heterocycles. The molecule has 138 valence electrons. The van der Waals surface area contributed by atoms with Gasteiger partial charge in [0.15, 0.2) is 0 Å². The minimum Gasteiger partial charge on any atom is -0.472 e. The third-order valence-electron chi connectivity index (χ3n) is 4.88. The smallest absolute Gasteiger partial charge is 0.271 e. The predicted octanol–water partition coefficient (Wildman–Crippen LogP) is 2.26. The van der Waals surface area contributed by atoms with Crippen molar-refractivity contribution in [2.45, 2.75) is 33.0 Å². The Bertz CT molecular complexity index is 925. The molecule has 0 spiro atoms. The van der Waals surface area contributed by atoms with Crippen LogP contribution in [0.4, 0.5) is 0 Å². The number of nitrogens with one attached hydrogen (secondary N) is 1. The number of furan rings is 1. The average Bonchev–Trinajstić information content (AvgIpc) is 3.21. The maximum Gasteiger partial charge on any atom is 0.271 e. The van der Waals surface area contributed by atoms with Gasteiger partial charge in [0, 0.05) is 56.0 Å². The quantitative estimate of drug-likeness (QED) is 0.749. The minimum absolute atomic E-state index is 0.225. The zero-order chi connectivity index (χ0) is 18.6. The second-order valence-electron chi connectivity index (χ2n) is 6.69. The molecule has 3 aromatic rings. The first-order valence-electron chi connectivity index (χ1n) is 8.94. The number of pyridine rings is 1. The van der Waals surface area contributed by atoms with E-state index in [-0.39, 0.29) is 5.91 Å². The van der Waals surface area contributed by atoms with E-state index in [1.165, 1.54) is 29.1 Å². The highest BCUT2D eigenvalue weighted by Crippen LogP contribution is 2.25. The number of aromatic nitrogens is 3. The molecule has 4 rings (SSSR count). The number of fused-ring (bicyclic) bond motifs is 1. The van der Waals surface area contributed by atoms with Crippen LogP contribution in [-0.2, 0) is 26.1 Å². The molecular formula is C20H21N5O2. The summed E-state index contributed by atoms with van der Waals surface area (Å²) in [6, 6.07) is 2.00. The van der Waals surface area contributed by atoms with Gasteiger partial charge in [-0.3, -0.25) is 19.7 Å². The van der Waals surface area contributed by atoms with E-state index in [0.29, 0.717) is 12.2 Å². The van der Waals surface area contributed by atoms with Crippen molar-refractivity contribution in [3.63, 3.8) is 0 Å². The van der Waals surface area contributed by atoms with Gasteiger partial charge in [0.25, 0.3) is 5.91 Å². The number of carbonyl (C=O) groups is 1. The predicted molar refractivity (Wildman–Crippen MR) is 98.7 cm³/mol. The molecule has 7 nitrogen and oxygen atoms in total. The summed E-state index contributed by atoms with van der Waals surface area (Å²) in [7, 11) is 0. The summed E-state index contributed by atoms with van der Waals surface area (Å²) in [5, 5.41) is 2.95. The number of amides is 1. The fraction of sp³-hybridized carbons (Fsp3) is 0.300. The monoisotopic (exact) mass is 363 g/mol. The van der Waals surface area contributed by atoms with Gasteiger partial charge in [-0.2, -0.15) is 0 Å². The van der Waals surface area contributed by atoms with Crippen LogP contribution in [0.3, 0.4) is 0 Å². The summed E-state index contributed by atoms with van der Waals surface area (Å²) < 4.78 is 5.16.